The summed E-state index contributed by atoms with van der Waals surface area (Å²) in [6, 6.07) is 1.76. The lowest BCUT2D eigenvalue weighted by Gasteiger charge is -2.09. The number of carbonyl (C=O) groups is 2. The highest BCUT2D eigenvalue weighted by molar-refractivity contribution is 5.91. The van der Waals surface area contributed by atoms with Gasteiger partial charge in [-0.1, -0.05) is 0 Å². The van der Waals surface area contributed by atoms with Crippen LogP contribution in [0.15, 0.2) is 23.0 Å². The molecule has 0 spiro atoms. The SMILES string of the molecule is COC(=O)/C=C/C(=O)OCCn1c(C)cc(C)nc1=O. The minimum Gasteiger partial charge on any atom is -0.466 e. The van der Waals surface area contributed by atoms with Gasteiger partial charge >= 0.3 is 17.6 Å². The molecule has 7 nitrogen and oxygen atoms in total. The predicted molar refractivity (Wildman–Crippen MR) is 70.1 cm³/mol. The monoisotopic (exact) mass is 280 g/mol. The van der Waals surface area contributed by atoms with Gasteiger partial charge in [0, 0.05) is 23.5 Å². The summed E-state index contributed by atoms with van der Waals surface area (Å²) in [7, 11) is 1.21. The number of hydrogen-bond donors (Lipinski definition) is 0. The van der Waals surface area contributed by atoms with E-state index in [1.54, 1.807) is 19.9 Å². The van der Waals surface area contributed by atoms with Gasteiger partial charge in [0.2, 0.25) is 0 Å². The molecule has 0 unspecified atom stereocenters. The first kappa shape index (κ1) is 15.6. The second-order valence-electron chi connectivity index (χ2n) is 4.00. The highest BCUT2D eigenvalue weighted by atomic mass is 16.5. The maximum atomic E-state index is 11.6. The van der Waals surface area contributed by atoms with E-state index in [1.165, 1.54) is 11.7 Å². The van der Waals surface area contributed by atoms with Crippen LogP contribution in [0, 0.1) is 13.8 Å². The van der Waals surface area contributed by atoms with Crippen LogP contribution < -0.4 is 5.69 Å². The van der Waals surface area contributed by atoms with Gasteiger partial charge in [-0.3, -0.25) is 4.57 Å². The summed E-state index contributed by atoms with van der Waals surface area (Å²) in [4.78, 5) is 37.4. The molecule has 1 rings (SSSR count). The highest BCUT2D eigenvalue weighted by Gasteiger charge is 2.04. The van der Waals surface area contributed by atoms with Gasteiger partial charge in [0.05, 0.1) is 13.7 Å². The van der Waals surface area contributed by atoms with Crippen LogP contribution in [0.2, 0.25) is 0 Å². The van der Waals surface area contributed by atoms with Gasteiger partial charge in [-0.2, -0.15) is 4.98 Å². The van der Waals surface area contributed by atoms with E-state index in [4.69, 9.17) is 4.74 Å². The normalized spacial score (nSPS) is 10.6. The van der Waals surface area contributed by atoms with E-state index in [1.807, 2.05) is 0 Å². The van der Waals surface area contributed by atoms with E-state index in [-0.39, 0.29) is 18.8 Å². The van der Waals surface area contributed by atoms with Crippen molar-refractivity contribution in [3.63, 3.8) is 0 Å². The molecule has 0 radical (unpaired) electrons. The van der Waals surface area contributed by atoms with Gasteiger partial charge in [0.15, 0.2) is 0 Å². The van der Waals surface area contributed by atoms with Crippen molar-refractivity contribution in [2.75, 3.05) is 13.7 Å². The fraction of sp³-hybridized carbons (Fsp3) is 0.385. The summed E-state index contributed by atoms with van der Waals surface area (Å²) in [6.07, 6.45) is 1.93. The molecule has 0 saturated heterocycles. The third-order valence-electron chi connectivity index (χ3n) is 2.46. The first-order valence-electron chi connectivity index (χ1n) is 5.92. The topological polar surface area (TPSA) is 87.5 Å². The van der Waals surface area contributed by atoms with Gasteiger partial charge in [-0.15, -0.1) is 0 Å². The Balaban J connectivity index is 2.53. The highest BCUT2D eigenvalue weighted by Crippen LogP contribution is 1.96. The standard InChI is InChI=1S/C13H16N2O5/c1-9-8-10(2)15(13(18)14-9)6-7-20-12(17)5-4-11(16)19-3/h4-5,8H,6-7H2,1-3H3/b5-4+. The van der Waals surface area contributed by atoms with E-state index in [9.17, 15) is 14.4 Å². The molecule has 0 aliphatic heterocycles. The molecule has 0 aliphatic rings. The van der Waals surface area contributed by atoms with E-state index >= 15 is 0 Å². The van der Waals surface area contributed by atoms with E-state index in [0.717, 1.165) is 17.8 Å². The number of carbonyl (C=O) groups excluding carboxylic acids is 2. The molecule has 1 aromatic heterocycles. The molecular formula is C13H16N2O5. The van der Waals surface area contributed by atoms with Gasteiger partial charge in [0.25, 0.3) is 0 Å². The van der Waals surface area contributed by atoms with Crippen molar-refractivity contribution in [1.82, 2.24) is 9.55 Å². The Labute approximate surface area is 115 Å². The van der Waals surface area contributed by atoms with Crippen molar-refractivity contribution >= 4 is 11.9 Å². The largest absolute Gasteiger partial charge is 0.466 e. The average Bonchev–Trinajstić information content (AvgIpc) is 2.38. The fourth-order valence-corrected chi connectivity index (χ4v) is 1.54. The summed E-state index contributed by atoms with van der Waals surface area (Å²) in [6.45, 7) is 3.72. The smallest absolute Gasteiger partial charge is 0.348 e. The van der Waals surface area contributed by atoms with Gasteiger partial charge in [-0.05, 0) is 19.9 Å². The van der Waals surface area contributed by atoms with Crippen molar-refractivity contribution in [2.24, 2.45) is 0 Å². The second-order valence-corrected chi connectivity index (χ2v) is 4.00. The Bertz CT molecular complexity index is 589. The molecule has 0 aliphatic carbocycles. The van der Waals surface area contributed by atoms with Crippen LogP contribution >= 0.6 is 0 Å². The lowest BCUT2D eigenvalue weighted by molar-refractivity contribution is -0.139. The number of rotatable bonds is 5. The summed E-state index contributed by atoms with van der Waals surface area (Å²) in [5.41, 5.74) is 0.994. The Morgan fingerprint density at radius 1 is 1.30 bits per heavy atom. The molecule has 0 amide bonds. The number of esters is 2. The second kappa shape index (κ2) is 7.22. The summed E-state index contributed by atoms with van der Waals surface area (Å²) < 4.78 is 10.6. The third-order valence-corrected chi connectivity index (χ3v) is 2.46. The van der Waals surface area contributed by atoms with Crippen LogP contribution in [0.25, 0.3) is 0 Å². The first-order chi connectivity index (χ1) is 9.43. The summed E-state index contributed by atoms with van der Waals surface area (Å²) in [5.74, 6) is -1.32. The lowest BCUT2D eigenvalue weighted by atomic mass is 10.3. The van der Waals surface area contributed by atoms with Gasteiger partial charge < -0.3 is 9.47 Å². The Kier molecular flexibility index (Phi) is 5.64. The first-order valence-corrected chi connectivity index (χ1v) is 5.92. The molecule has 0 bridgehead atoms. The quantitative estimate of drug-likeness (QED) is 0.563. The molecule has 1 aromatic rings. The van der Waals surface area contributed by atoms with Crippen molar-refractivity contribution in [2.45, 2.75) is 20.4 Å². The number of ether oxygens (including phenoxy) is 2. The zero-order valence-electron chi connectivity index (χ0n) is 11.6. The predicted octanol–water partition coefficient (Wildman–Crippen LogP) is 0.133. The number of methoxy groups -OCH3 is 1. The van der Waals surface area contributed by atoms with E-state index in [0.29, 0.717) is 5.69 Å². The Morgan fingerprint density at radius 3 is 2.55 bits per heavy atom. The van der Waals surface area contributed by atoms with Crippen molar-refractivity contribution in [3.8, 4) is 0 Å². The molecule has 20 heavy (non-hydrogen) atoms. The van der Waals surface area contributed by atoms with Crippen LogP contribution in [0.3, 0.4) is 0 Å². The molecule has 108 valence electrons. The van der Waals surface area contributed by atoms with Crippen LogP contribution in [0.4, 0.5) is 0 Å². The molecule has 0 N–H and O–H groups in total. The maximum absolute atomic E-state index is 11.6. The molecule has 7 heteroatoms. The van der Waals surface area contributed by atoms with Crippen LogP contribution in [-0.4, -0.2) is 35.2 Å². The average molecular weight is 280 g/mol. The van der Waals surface area contributed by atoms with Gasteiger partial charge in [-0.25, -0.2) is 14.4 Å². The molecule has 0 fully saturated rings. The third kappa shape index (κ3) is 4.68. The number of aromatic nitrogens is 2. The molecule has 0 atom stereocenters. The molecular weight excluding hydrogens is 264 g/mol. The summed E-state index contributed by atoms with van der Waals surface area (Å²) >= 11 is 0. The van der Waals surface area contributed by atoms with Crippen LogP contribution in [0.1, 0.15) is 11.4 Å². The van der Waals surface area contributed by atoms with Crippen molar-refractivity contribution < 1.29 is 19.1 Å². The van der Waals surface area contributed by atoms with Crippen molar-refractivity contribution in [1.29, 1.82) is 0 Å². The van der Waals surface area contributed by atoms with E-state index < -0.39 is 11.9 Å². The van der Waals surface area contributed by atoms with Gasteiger partial charge in [0.1, 0.15) is 6.61 Å². The van der Waals surface area contributed by atoms with E-state index in [2.05, 4.69) is 9.72 Å². The fourth-order valence-electron chi connectivity index (χ4n) is 1.54. The Hall–Kier alpha value is -2.44. The molecule has 0 aromatic carbocycles. The zero-order valence-corrected chi connectivity index (χ0v) is 11.6. The van der Waals surface area contributed by atoms with Crippen LogP contribution in [-0.2, 0) is 25.6 Å². The zero-order chi connectivity index (χ0) is 15.1. The lowest BCUT2D eigenvalue weighted by Crippen LogP contribution is -2.27. The van der Waals surface area contributed by atoms with Crippen LogP contribution in [0.5, 0.6) is 0 Å². The molecule has 1 heterocycles. The summed E-state index contributed by atoms with van der Waals surface area (Å²) in [5, 5.41) is 0. The minimum atomic E-state index is -0.679. The number of aryl methyl sites for hydroxylation is 2. The van der Waals surface area contributed by atoms with Crippen molar-refractivity contribution in [3.05, 3.63) is 40.1 Å². The minimum absolute atomic E-state index is 0.00976. The number of nitrogens with zero attached hydrogens (tertiary/aromatic N) is 2. The number of hydrogen-bond acceptors (Lipinski definition) is 6. The maximum Gasteiger partial charge on any atom is 0.348 e. The Morgan fingerprint density at radius 2 is 1.95 bits per heavy atom. The molecule has 0 saturated carbocycles.